The lowest BCUT2D eigenvalue weighted by Crippen LogP contribution is -2.32. The first-order valence-corrected chi connectivity index (χ1v) is 7.32. The molecule has 6 heteroatoms. The molecule has 0 saturated heterocycles. The number of carbonyl (C=O) groups excluding carboxylic acids is 1. The first-order chi connectivity index (χ1) is 10.3. The van der Waals surface area contributed by atoms with Crippen LogP contribution in [0.15, 0.2) is 28.9 Å². The van der Waals surface area contributed by atoms with Crippen molar-refractivity contribution in [3.63, 3.8) is 0 Å². The van der Waals surface area contributed by atoms with Crippen molar-refractivity contribution >= 4 is 34.3 Å². The summed E-state index contributed by atoms with van der Waals surface area (Å²) < 4.78 is 5.25. The number of benzene rings is 1. The fourth-order valence-corrected chi connectivity index (χ4v) is 3.34. The standard InChI is InChI=1S/C16H16ClNO4/c1-18(2)8-16(15(20)21)7-11(16)13(19)10-5-9-3-4-22-14(9)12(17)6-10/h3-6,11H,7-8H2,1-2H3,(H,20,21)/t11-,16-/m1/s1. The summed E-state index contributed by atoms with van der Waals surface area (Å²) in [6.07, 6.45) is 1.87. The molecule has 0 unspecified atom stereocenters. The minimum atomic E-state index is -0.988. The van der Waals surface area contributed by atoms with Gasteiger partial charge in [-0.2, -0.15) is 0 Å². The Morgan fingerprint density at radius 2 is 2.18 bits per heavy atom. The van der Waals surface area contributed by atoms with Gasteiger partial charge in [0.25, 0.3) is 0 Å². The number of halogens is 1. The summed E-state index contributed by atoms with van der Waals surface area (Å²) in [6, 6.07) is 4.99. The maximum Gasteiger partial charge on any atom is 0.311 e. The summed E-state index contributed by atoms with van der Waals surface area (Å²) in [7, 11) is 3.61. The Morgan fingerprint density at radius 1 is 1.45 bits per heavy atom. The zero-order chi connectivity index (χ0) is 16.1. The highest BCUT2D eigenvalue weighted by atomic mass is 35.5. The molecular weight excluding hydrogens is 306 g/mol. The Morgan fingerprint density at radius 3 is 2.82 bits per heavy atom. The van der Waals surface area contributed by atoms with Crippen molar-refractivity contribution in [2.75, 3.05) is 20.6 Å². The van der Waals surface area contributed by atoms with Gasteiger partial charge in [-0.25, -0.2) is 0 Å². The molecule has 2 aromatic rings. The van der Waals surface area contributed by atoms with Crippen molar-refractivity contribution in [2.45, 2.75) is 6.42 Å². The van der Waals surface area contributed by atoms with Crippen molar-refractivity contribution in [1.82, 2.24) is 4.90 Å². The number of furan rings is 1. The number of nitrogens with zero attached hydrogens (tertiary/aromatic N) is 1. The van der Waals surface area contributed by atoms with E-state index in [9.17, 15) is 14.7 Å². The predicted octanol–water partition coefficient (Wildman–Crippen LogP) is 2.92. The smallest absolute Gasteiger partial charge is 0.311 e. The summed E-state index contributed by atoms with van der Waals surface area (Å²) in [5.74, 6) is -1.60. The van der Waals surface area contributed by atoms with Crippen LogP contribution >= 0.6 is 11.6 Å². The van der Waals surface area contributed by atoms with Gasteiger partial charge in [-0.3, -0.25) is 9.59 Å². The van der Waals surface area contributed by atoms with E-state index in [-0.39, 0.29) is 5.78 Å². The van der Waals surface area contributed by atoms with E-state index in [1.807, 2.05) is 0 Å². The number of aliphatic carboxylic acids is 1. The number of Topliss-reactive ketones (excluding diaryl/α,β-unsaturated/α-hetero) is 1. The van der Waals surface area contributed by atoms with Gasteiger partial charge in [-0.15, -0.1) is 0 Å². The summed E-state index contributed by atoms with van der Waals surface area (Å²) in [4.78, 5) is 26.0. The fourth-order valence-electron chi connectivity index (χ4n) is 3.07. The van der Waals surface area contributed by atoms with E-state index in [1.165, 1.54) is 6.26 Å². The number of hydrogen-bond acceptors (Lipinski definition) is 4. The number of carboxylic acids is 1. The van der Waals surface area contributed by atoms with Crippen LogP contribution in [0.25, 0.3) is 11.0 Å². The topological polar surface area (TPSA) is 70.8 Å². The van der Waals surface area contributed by atoms with Gasteiger partial charge in [-0.1, -0.05) is 11.6 Å². The Bertz CT molecular complexity index is 767. The second-order valence-corrected chi connectivity index (χ2v) is 6.52. The van der Waals surface area contributed by atoms with Gasteiger partial charge in [-0.05, 0) is 38.7 Å². The molecule has 0 amide bonds. The fraction of sp³-hybridized carbons (Fsp3) is 0.375. The van der Waals surface area contributed by atoms with Gasteiger partial charge in [0.05, 0.1) is 16.7 Å². The van der Waals surface area contributed by atoms with E-state index in [4.69, 9.17) is 16.0 Å². The van der Waals surface area contributed by atoms with Crippen molar-refractivity contribution in [1.29, 1.82) is 0 Å². The highest BCUT2D eigenvalue weighted by molar-refractivity contribution is 6.35. The largest absolute Gasteiger partial charge is 0.481 e. The second kappa shape index (κ2) is 5.11. The summed E-state index contributed by atoms with van der Waals surface area (Å²) in [5, 5.41) is 10.6. The highest BCUT2D eigenvalue weighted by Gasteiger charge is 2.63. The molecule has 1 N–H and O–H groups in total. The Kier molecular flexibility index (Phi) is 3.50. The molecule has 0 spiro atoms. The second-order valence-electron chi connectivity index (χ2n) is 6.12. The van der Waals surface area contributed by atoms with Crippen LogP contribution in [-0.4, -0.2) is 42.4 Å². The minimum absolute atomic E-state index is 0.172. The van der Waals surface area contributed by atoms with Crippen LogP contribution in [0.5, 0.6) is 0 Å². The lowest BCUT2D eigenvalue weighted by molar-refractivity contribution is -0.144. The number of rotatable bonds is 5. The highest BCUT2D eigenvalue weighted by Crippen LogP contribution is 2.54. The molecule has 116 valence electrons. The van der Waals surface area contributed by atoms with Gasteiger partial charge in [0.1, 0.15) is 0 Å². The third-order valence-electron chi connectivity index (χ3n) is 4.21. The summed E-state index contributed by atoms with van der Waals surface area (Å²) in [6.45, 7) is 0.348. The van der Waals surface area contributed by atoms with Crippen molar-refractivity contribution in [2.24, 2.45) is 11.3 Å². The molecule has 3 rings (SSSR count). The maximum atomic E-state index is 12.7. The third-order valence-corrected chi connectivity index (χ3v) is 4.49. The minimum Gasteiger partial charge on any atom is -0.481 e. The van der Waals surface area contributed by atoms with E-state index in [0.29, 0.717) is 29.1 Å². The van der Waals surface area contributed by atoms with Crippen molar-refractivity contribution in [3.8, 4) is 0 Å². The monoisotopic (exact) mass is 321 g/mol. The van der Waals surface area contributed by atoms with Gasteiger partial charge in [0.2, 0.25) is 0 Å². The molecular formula is C16H16ClNO4. The van der Waals surface area contributed by atoms with Crippen LogP contribution in [0.2, 0.25) is 5.02 Å². The molecule has 0 radical (unpaired) electrons. The van der Waals surface area contributed by atoms with Crippen molar-refractivity contribution in [3.05, 3.63) is 35.0 Å². The van der Waals surface area contributed by atoms with Gasteiger partial charge < -0.3 is 14.4 Å². The van der Waals surface area contributed by atoms with Gasteiger partial charge in [0, 0.05) is 23.4 Å². The Balaban J connectivity index is 1.92. The molecule has 2 atom stereocenters. The van der Waals surface area contributed by atoms with E-state index < -0.39 is 17.3 Å². The molecule has 1 aromatic carbocycles. The average Bonchev–Trinajstić information content (AvgIpc) is 2.94. The zero-order valence-electron chi connectivity index (χ0n) is 12.3. The van der Waals surface area contributed by atoms with Crippen LogP contribution in [0, 0.1) is 11.3 Å². The van der Waals surface area contributed by atoms with E-state index in [1.54, 1.807) is 37.2 Å². The first-order valence-electron chi connectivity index (χ1n) is 6.94. The van der Waals surface area contributed by atoms with Gasteiger partial charge in [0.15, 0.2) is 11.4 Å². The SMILES string of the molecule is CN(C)C[C@]1(C(=O)O)C[C@@H]1C(=O)c1cc(Cl)c2occc2c1. The molecule has 1 saturated carbocycles. The van der Waals surface area contributed by atoms with Crippen LogP contribution in [0.4, 0.5) is 0 Å². The predicted molar refractivity (Wildman–Crippen MR) is 82.3 cm³/mol. The van der Waals surface area contributed by atoms with Crippen LogP contribution in [0.1, 0.15) is 16.8 Å². The summed E-state index contributed by atoms with van der Waals surface area (Å²) in [5.41, 5.74) is -0.0177. The maximum absolute atomic E-state index is 12.7. The number of hydrogen-bond donors (Lipinski definition) is 1. The number of ketones is 1. The van der Waals surface area contributed by atoms with Gasteiger partial charge >= 0.3 is 5.97 Å². The molecule has 1 fully saturated rings. The molecule has 1 aliphatic carbocycles. The molecule has 5 nitrogen and oxygen atoms in total. The Labute approximate surface area is 132 Å². The average molecular weight is 322 g/mol. The lowest BCUT2D eigenvalue weighted by atomic mass is 9.97. The molecule has 1 heterocycles. The molecule has 1 aromatic heterocycles. The zero-order valence-corrected chi connectivity index (χ0v) is 13.1. The third kappa shape index (κ3) is 2.30. The van der Waals surface area contributed by atoms with Crippen LogP contribution < -0.4 is 0 Å². The van der Waals surface area contributed by atoms with E-state index in [0.717, 1.165) is 5.39 Å². The molecule has 1 aliphatic rings. The Hall–Kier alpha value is -1.85. The van der Waals surface area contributed by atoms with E-state index in [2.05, 4.69) is 0 Å². The molecule has 22 heavy (non-hydrogen) atoms. The summed E-state index contributed by atoms with van der Waals surface area (Å²) >= 11 is 6.12. The normalized spacial score (nSPS) is 23.9. The number of fused-ring (bicyclic) bond motifs is 1. The number of carboxylic acid groups (broad SMARTS) is 1. The first kappa shape index (κ1) is 15.1. The number of carbonyl (C=O) groups is 2. The molecule has 0 bridgehead atoms. The van der Waals surface area contributed by atoms with Crippen LogP contribution in [0.3, 0.4) is 0 Å². The molecule has 0 aliphatic heterocycles. The van der Waals surface area contributed by atoms with Crippen molar-refractivity contribution < 1.29 is 19.1 Å². The van der Waals surface area contributed by atoms with E-state index >= 15 is 0 Å². The van der Waals surface area contributed by atoms with Crippen LogP contribution in [-0.2, 0) is 4.79 Å². The lowest BCUT2D eigenvalue weighted by Gasteiger charge is -2.17. The quantitative estimate of drug-likeness (QED) is 0.857.